The molecular weight excluding hydrogens is 404 g/mol. The lowest BCUT2D eigenvalue weighted by Crippen LogP contribution is -2.37. The van der Waals surface area contributed by atoms with Gasteiger partial charge in [-0.1, -0.05) is 48.0 Å². The van der Waals surface area contributed by atoms with Crippen molar-refractivity contribution in [2.24, 2.45) is 5.92 Å². The predicted octanol–water partition coefficient (Wildman–Crippen LogP) is 4.10. The normalized spacial score (nSPS) is 23.2. The number of para-hydroxylation sites is 2. The second-order valence-corrected chi connectivity index (χ2v) is 7.64. The highest BCUT2D eigenvalue weighted by Gasteiger charge is 2.60. The van der Waals surface area contributed by atoms with Gasteiger partial charge in [-0.2, -0.15) is 0 Å². The molecule has 30 heavy (non-hydrogen) atoms. The van der Waals surface area contributed by atoms with E-state index in [1.807, 2.05) is 30.3 Å². The van der Waals surface area contributed by atoms with Gasteiger partial charge in [0, 0.05) is 10.6 Å². The molecule has 7 heteroatoms. The van der Waals surface area contributed by atoms with Gasteiger partial charge in [-0.25, -0.2) is 9.96 Å². The highest BCUT2D eigenvalue weighted by Crippen LogP contribution is 2.49. The number of carbonyl (C=O) groups is 2. The Hall–Kier alpha value is -3.35. The smallest absolute Gasteiger partial charge is 0.266 e. The van der Waals surface area contributed by atoms with Crippen LogP contribution in [0.1, 0.15) is 11.6 Å². The Morgan fingerprint density at radius 1 is 0.800 bits per heavy atom. The highest BCUT2D eigenvalue weighted by molar-refractivity contribution is 6.31. The van der Waals surface area contributed by atoms with E-state index >= 15 is 0 Å². The molecule has 0 aromatic heterocycles. The molecule has 3 aromatic carbocycles. The van der Waals surface area contributed by atoms with Gasteiger partial charge in [0.25, 0.3) is 5.91 Å². The van der Waals surface area contributed by atoms with Gasteiger partial charge >= 0.3 is 0 Å². The number of anilines is 2. The van der Waals surface area contributed by atoms with Crippen LogP contribution in [0.5, 0.6) is 5.75 Å². The first-order valence-electron chi connectivity index (χ1n) is 9.48. The third-order valence-corrected chi connectivity index (χ3v) is 5.72. The maximum atomic E-state index is 13.4. The van der Waals surface area contributed by atoms with E-state index in [0.717, 1.165) is 4.90 Å². The van der Waals surface area contributed by atoms with Gasteiger partial charge < -0.3 is 5.11 Å². The van der Waals surface area contributed by atoms with E-state index in [2.05, 4.69) is 0 Å². The minimum Gasteiger partial charge on any atom is -0.508 e. The molecule has 150 valence electrons. The van der Waals surface area contributed by atoms with Crippen molar-refractivity contribution < 1.29 is 19.5 Å². The number of halogens is 1. The Balaban J connectivity index is 1.60. The van der Waals surface area contributed by atoms with Gasteiger partial charge in [0.15, 0.2) is 6.10 Å². The molecule has 3 aromatic rings. The maximum absolute atomic E-state index is 13.4. The van der Waals surface area contributed by atoms with E-state index in [1.54, 1.807) is 53.6 Å². The molecule has 2 aliphatic rings. The van der Waals surface area contributed by atoms with E-state index < -0.39 is 24.0 Å². The SMILES string of the molecule is O=C1C2ON(c3ccccc3)C(c3ccccc3O)C2C(=O)N1c1ccc(Cl)cc1. The number of phenols is 1. The van der Waals surface area contributed by atoms with E-state index in [0.29, 0.717) is 22.0 Å². The van der Waals surface area contributed by atoms with Crippen LogP contribution >= 0.6 is 11.6 Å². The zero-order valence-electron chi connectivity index (χ0n) is 15.7. The van der Waals surface area contributed by atoms with Crippen molar-refractivity contribution in [3.8, 4) is 5.75 Å². The number of amides is 2. The first kappa shape index (κ1) is 18.7. The Morgan fingerprint density at radius 2 is 1.47 bits per heavy atom. The monoisotopic (exact) mass is 420 g/mol. The summed E-state index contributed by atoms with van der Waals surface area (Å²) in [4.78, 5) is 33.8. The number of carbonyl (C=O) groups excluding carboxylic acids is 2. The predicted molar refractivity (Wildman–Crippen MR) is 112 cm³/mol. The summed E-state index contributed by atoms with van der Waals surface area (Å²) < 4.78 is 0. The quantitative estimate of drug-likeness (QED) is 0.646. The zero-order valence-corrected chi connectivity index (χ0v) is 16.4. The summed E-state index contributed by atoms with van der Waals surface area (Å²) in [7, 11) is 0. The standard InChI is InChI=1S/C23H17ClN2O4/c24-14-10-12-15(13-11-14)25-22(28)19-20(17-8-4-5-9-18(17)27)26(30-21(19)23(25)29)16-6-2-1-3-7-16/h1-13,19-21,27H. The summed E-state index contributed by atoms with van der Waals surface area (Å²) >= 11 is 5.95. The number of phenolic OH excluding ortho intramolecular Hbond substituents is 1. The van der Waals surface area contributed by atoms with Gasteiger partial charge in [-0.05, 0) is 42.5 Å². The van der Waals surface area contributed by atoms with Crippen molar-refractivity contribution >= 4 is 34.8 Å². The molecule has 2 aliphatic heterocycles. The molecule has 0 bridgehead atoms. The zero-order chi connectivity index (χ0) is 20.8. The largest absolute Gasteiger partial charge is 0.508 e. The number of aromatic hydroxyl groups is 1. The number of rotatable bonds is 3. The number of imide groups is 1. The number of hydroxylamine groups is 1. The van der Waals surface area contributed by atoms with Crippen LogP contribution in [0.4, 0.5) is 11.4 Å². The van der Waals surface area contributed by atoms with Crippen LogP contribution in [0.2, 0.25) is 5.02 Å². The molecule has 0 aliphatic carbocycles. The van der Waals surface area contributed by atoms with Crippen LogP contribution in [-0.4, -0.2) is 23.0 Å². The van der Waals surface area contributed by atoms with Gasteiger partial charge in [0.1, 0.15) is 11.7 Å². The summed E-state index contributed by atoms with van der Waals surface area (Å²) in [6.45, 7) is 0. The molecule has 0 radical (unpaired) electrons. The molecular formula is C23H17ClN2O4. The van der Waals surface area contributed by atoms with Gasteiger partial charge in [-0.15, -0.1) is 0 Å². The van der Waals surface area contributed by atoms with Crippen molar-refractivity contribution in [1.29, 1.82) is 0 Å². The van der Waals surface area contributed by atoms with Crippen LogP contribution in [0, 0.1) is 5.92 Å². The fraction of sp³-hybridized carbons (Fsp3) is 0.130. The maximum Gasteiger partial charge on any atom is 0.266 e. The van der Waals surface area contributed by atoms with Crippen molar-refractivity contribution in [3.05, 3.63) is 89.4 Å². The lowest BCUT2D eigenvalue weighted by molar-refractivity contribution is -0.126. The fourth-order valence-electron chi connectivity index (χ4n) is 4.11. The Morgan fingerprint density at radius 3 is 2.17 bits per heavy atom. The van der Waals surface area contributed by atoms with Crippen LogP contribution < -0.4 is 9.96 Å². The third kappa shape index (κ3) is 2.84. The number of fused-ring (bicyclic) bond motifs is 1. The van der Waals surface area contributed by atoms with Crippen LogP contribution in [0.15, 0.2) is 78.9 Å². The first-order chi connectivity index (χ1) is 14.6. The molecule has 1 N–H and O–H groups in total. The molecule has 2 amide bonds. The second-order valence-electron chi connectivity index (χ2n) is 7.21. The minimum atomic E-state index is -0.988. The minimum absolute atomic E-state index is 0.0397. The Kier molecular flexibility index (Phi) is 4.46. The summed E-state index contributed by atoms with van der Waals surface area (Å²) in [6, 6.07) is 21.9. The average Bonchev–Trinajstić information content (AvgIpc) is 3.26. The molecule has 3 atom stereocenters. The summed E-state index contributed by atoms with van der Waals surface area (Å²) in [5.74, 6) is -1.58. The Labute approximate surface area is 177 Å². The van der Waals surface area contributed by atoms with Crippen molar-refractivity contribution in [3.63, 3.8) is 0 Å². The molecule has 6 nitrogen and oxygen atoms in total. The lowest BCUT2D eigenvalue weighted by atomic mass is 9.90. The molecule has 0 spiro atoms. The lowest BCUT2D eigenvalue weighted by Gasteiger charge is -2.29. The number of hydrogen-bond acceptors (Lipinski definition) is 5. The highest BCUT2D eigenvalue weighted by atomic mass is 35.5. The number of nitrogens with zero attached hydrogens (tertiary/aromatic N) is 2. The molecule has 3 unspecified atom stereocenters. The molecule has 0 saturated carbocycles. The van der Waals surface area contributed by atoms with E-state index in [1.165, 1.54) is 0 Å². The van der Waals surface area contributed by atoms with E-state index in [-0.39, 0.29) is 11.7 Å². The van der Waals surface area contributed by atoms with Gasteiger partial charge in [0.2, 0.25) is 5.91 Å². The van der Waals surface area contributed by atoms with E-state index in [4.69, 9.17) is 16.4 Å². The molecule has 2 fully saturated rings. The number of hydrogen-bond donors (Lipinski definition) is 1. The van der Waals surface area contributed by atoms with Crippen LogP contribution in [0.25, 0.3) is 0 Å². The van der Waals surface area contributed by atoms with Crippen LogP contribution in [-0.2, 0) is 14.4 Å². The number of benzene rings is 3. The van der Waals surface area contributed by atoms with E-state index in [9.17, 15) is 14.7 Å². The molecule has 2 saturated heterocycles. The summed E-state index contributed by atoms with van der Waals surface area (Å²) in [6.07, 6.45) is -0.988. The van der Waals surface area contributed by atoms with Gasteiger partial charge in [-0.3, -0.25) is 14.4 Å². The van der Waals surface area contributed by atoms with Crippen molar-refractivity contribution in [2.45, 2.75) is 12.1 Å². The summed E-state index contributed by atoms with van der Waals surface area (Å²) in [5, 5.41) is 12.6. The van der Waals surface area contributed by atoms with Gasteiger partial charge in [0.05, 0.1) is 17.4 Å². The van der Waals surface area contributed by atoms with Crippen molar-refractivity contribution in [1.82, 2.24) is 0 Å². The molecule has 2 heterocycles. The van der Waals surface area contributed by atoms with Crippen molar-refractivity contribution in [2.75, 3.05) is 9.96 Å². The average molecular weight is 421 g/mol. The first-order valence-corrected chi connectivity index (χ1v) is 9.86. The van der Waals surface area contributed by atoms with Crippen LogP contribution in [0.3, 0.4) is 0 Å². The molecule has 5 rings (SSSR count). The Bertz CT molecular complexity index is 1120. The fourth-order valence-corrected chi connectivity index (χ4v) is 4.24. The second kappa shape index (κ2) is 7.16. The topological polar surface area (TPSA) is 70.1 Å². The third-order valence-electron chi connectivity index (χ3n) is 5.47. The summed E-state index contributed by atoms with van der Waals surface area (Å²) in [5.41, 5.74) is 1.65.